The summed E-state index contributed by atoms with van der Waals surface area (Å²) in [7, 11) is 0. The second kappa shape index (κ2) is 7.70. The van der Waals surface area contributed by atoms with E-state index in [4.69, 9.17) is 4.74 Å². The van der Waals surface area contributed by atoms with Gasteiger partial charge >= 0.3 is 0 Å². The fourth-order valence-electron chi connectivity index (χ4n) is 1.54. The van der Waals surface area contributed by atoms with E-state index in [2.05, 4.69) is 35.7 Å². The number of aryl methyl sites for hydroxylation is 1. The normalized spacial score (nSPS) is 12.9. The van der Waals surface area contributed by atoms with Crippen LogP contribution >= 0.6 is 11.5 Å². The lowest BCUT2D eigenvalue weighted by molar-refractivity contribution is 0.113. The van der Waals surface area contributed by atoms with E-state index in [0.29, 0.717) is 6.61 Å². The molecule has 5 heteroatoms. The molecule has 1 aromatic heterocycles. The molecule has 1 unspecified atom stereocenters. The first-order chi connectivity index (χ1) is 7.83. The van der Waals surface area contributed by atoms with E-state index >= 15 is 0 Å². The molecule has 16 heavy (non-hydrogen) atoms. The Balaban J connectivity index is 2.61. The van der Waals surface area contributed by atoms with Crippen LogP contribution in [0.4, 0.5) is 0 Å². The molecule has 1 aromatic rings. The smallest absolute Gasteiger partial charge is 0.0801 e. The van der Waals surface area contributed by atoms with Crippen LogP contribution in [0.2, 0.25) is 0 Å². The van der Waals surface area contributed by atoms with E-state index in [1.165, 1.54) is 16.4 Å². The van der Waals surface area contributed by atoms with Crippen molar-refractivity contribution < 1.29 is 4.74 Å². The lowest BCUT2D eigenvalue weighted by atomic mass is 10.2. The maximum absolute atomic E-state index is 5.61. The number of ether oxygens (including phenoxy) is 1. The standard InChI is InChI=1S/C11H21N3OS/c1-4-7-15-8-10(12-6-3)11-9(5-2)13-14-16-11/h10,12H,4-8H2,1-3H3. The molecule has 0 saturated heterocycles. The molecule has 1 heterocycles. The summed E-state index contributed by atoms with van der Waals surface area (Å²) in [5.74, 6) is 0. The van der Waals surface area contributed by atoms with E-state index in [1.807, 2.05) is 0 Å². The third-order valence-corrected chi connectivity index (χ3v) is 3.20. The highest BCUT2D eigenvalue weighted by molar-refractivity contribution is 7.05. The number of hydrogen-bond donors (Lipinski definition) is 1. The number of aromatic nitrogens is 2. The van der Waals surface area contributed by atoms with Gasteiger partial charge in [0, 0.05) is 6.61 Å². The summed E-state index contributed by atoms with van der Waals surface area (Å²) in [5.41, 5.74) is 1.09. The van der Waals surface area contributed by atoms with Gasteiger partial charge < -0.3 is 10.1 Å². The molecule has 0 aliphatic carbocycles. The highest BCUT2D eigenvalue weighted by atomic mass is 32.1. The third kappa shape index (κ3) is 3.81. The Kier molecular flexibility index (Phi) is 6.52. The first-order valence-corrected chi connectivity index (χ1v) is 6.73. The Morgan fingerprint density at radius 1 is 1.38 bits per heavy atom. The van der Waals surface area contributed by atoms with Gasteiger partial charge in [0.2, 0.25) is 0 Å². The predicted octanol–water partition coefficient (Wildman–Crippen LogP) is 2.18. The highest BCUT2D eigenvalue weighted by Crippen LogP contribution is 2.21. The van der Waals surface area contributed by atoms with E-state index in [0.717, 1.165) is 31.7 Å². The average Bonchev–Trinajstić information content (AvgIpc) is 2.76. The Morgan fingerprint density at radius 3 is 2.81 bits per heavy atom. The number of rotatable bonds is 8. The molecule has 1 rings (SSSR count). The molecule has 0 aliphatic rings. The minimum atomic E-state index is 0.242. The molecule has 92 valence electrons. The molecule has 0 spiro atoms. The fraction of sp³-hybridized carbons (Fsp3) is 0.818. The molecule has 0 amide bonds. The van der Waals surface area contributed by atoms with Gasteiger partial charge in [-0.25, -0.2) is 0 Å². The van der Waals surface area contributed by atoms with E-state index < -0.39 is 0 Å². The fourth-order valence-corrected chi connectivity index (χ4v) is 2.34. The van der Waals surface area contributed by atoms with Gasteiger partial charge in [-0.3, -0.25) is 0 Å². The summed E-state index contributed by atoms with van der Waals surface area (Å²) in [6.45, 7) is 8.78. The second-order valence-corrected chi connectivity index (χ2v) is 4.41. The molecule has 1 N–H and O–H groups in total. The number of likely N-dealkylation sites (N-methyl/N-ethyl adjacent to an activating group) is 1. The summed E-state index contributed by atoms with van der Waals surface area (Å²) >= 11 is 1.48. The first-order valence-electron chi connectivity index (χ1n) is 5.95. The van der Waals surface area contributed by atoms with Gasteiger partial charge in [-0.15, -0.1) is 5.10 Å². The molecule has 0 aromatic carbocycles. The zero-order valence-corrected chi connectivity index (χ0v) is 11.1. The van der Waals surface area contributed by atoms with Crippen molar-refractivity contribution in [2.75, 3.05) is 19.8 Å². The van der Waals surface area contributed by atoms with Crippen molar-refractivity contribution in [3.8, 4) is 0 Å². The first kappa shape index (κ1) is 13.5. The highest BCUT2D eigenvalue weighted by Gasteiger charge is 2.17. The molecular formula is C11H21N3OS. The zero-order chi connectivity index (χ0) is 11.8. The van der Waals surface area contributed by atoms with Crippen LogP contribution in [0.3, 0.4) is 0 Å². The van der Waals surface area contributed by atoms with Gasteiger partial charge in [0.1, 0.15) is 0 Å². The largest absolute Gasteiger partial charge is 0.379 e. The molecule has 0 bridgehead atoms. The maximum atomic E-state index is 5.61. The van der Waals surface area contributed by atoms with E-state index in [-0.39, 0.29) is 6.04 Å². The minimum absolute atomic E-state index is 0.242. The molecule has 0 aliphatic heterocycles. The summed E-state index contributed by atoms with van der Waals surface area (Å²) in [6, 6.07) is 0.242. The maximum Gasteiger partial charge on any atom is 0.0801 e. The molecule has 4 nitrogen and oxygen atoms in total. The zero-order valence-electron chi connectivity index (χ0n) is 10.3. The lowest BCUT2D eigenvalue weighted by Gasteiger charge is -2.16. The third-order valence-electron chi connectivity index (χ3n) is 2.32. The summed E-state index contributed by atoms with van der Waals surface area (Å²) < 4.78 is 9.63. The van der Waals surface area contributed by atoms with Gasteiger partial charge in [-0.05, 0) is 30.9 Å². The van der Waals surface area contributed by atoms with Crippen LogP contribution in [0.25, 0.3) is 0 Å². The van der Waals surface area contributed by atoms with Crippen LogP contribution < -0.4 is 5.32 Å². The van der Waals surface area contributed by atoms with Gasteiger partial charge in [-0.1, -0.05) is 25.3 Å². The van der Waals surface area contributed by atoms with Crippen LogP contribution in [-0.2, 0) is 11.2 Å². The quantitative estimate of drug-likeness (QED) is 0.711. The summed E-state index contributed by atoms with van der Waals surface area (Å²) in [6.07, 6.45) is 1.99. The van der Waals surface area contributed by atoms with Crippen LogP contribution in [0, 0.1) is 0 Å². The SMILES string of the molecule is CCCOCC(NCC)c1snnc1CC. The summed E-state index contributed by atoms with van der Waals surface area (Å²) in [4.78, 5) is 1.22. The molecule has 1 atom stereocenters. The average molecular weight is 243 g/mol. The van der Waals surface area contributed by atoms with Crippen molar-refractivity contribution >= 4 is 11.5 Å². The van der Waals surface area contributed by atoms with Crippen molar-refractivity contribution in [3.63, 3.8) is 0 Å². The Bertz CT molecular complexity index is 291. The van der Waals surface area contributed by atoms with Gasteiger partial charge in [0.05, 0.1) is 23.2 Å². The van der Waals surface area contributed by atoms with Crippen molar-refractivity contribution in [2.45, 2.75) is 39.7 Å². The van der Waals surface area contributed by atoms with Gasteiger partial charge in [0.25, 0.3) is 0 Å². The van der Waals surface area contributed by atoms with Crippen LogP contribution in [0.1, 0.15) is 43.8 Å². The number of hydrogen-bond acceptors (Lipinski definition) is 5. The summed E-state index contributed by atoms with van der Waals surface area (Å²) in [5, 5.41) is 7.56. The molecule has 0 saturated carbocycles. The van der Waals surface area contributed by atoms with Crippen LogP contribution in [0.15, 0.2) is 0 Å². The Labute approximate surface area is 102 Å². The van der Waals surface area contributed by atoms with Gasteiger partial charge in [0.15, 0.2) is 0 Å². The van der Waals surface area contributed by atoms with Crippen molar-refractivity contribution in [1.29, 1.82) is 0 Å². The monoisotopic (exact) mass is 243 g/mol. The van der Waals surface area contributed by atoms with Crippen LogP contribution in [-0.4, -0.2) is 29.3 Å². The molecule has 0 radical (unpaired) electrons. The molecular weight excluding hydrogens is 222 g/mol. The van der Waals surface area contributed by atoms with E-state index in [9.17, 15) is 0 Å². The Hall–Kier alpha value is -0.520. The van der Waals surface area contributed by atoms with Crippen LogP contribution in [0.5, 0.6) is 0 Å². The Morgan fingerprint density at radius 2 is 2.19 bits per heavy atom. The van der Waals surface area contributed by atoms with Crippen molar-refractivity contribution in [1.82, 2.24) is 14.9 Å². The van der Waals surface area contributed by atoms with Crippen molar-refractivity contribution in [2.24, 2.45) is 0 Å². The number of nitrogens with zero attached hydrogens (tertiary/aromatic N) is 2. The lowest BCUT2D eigenvalue weighted by Crippen LogP contribution is -2.25. The number of nitrogens with one attached hydrogen (secondary N) is 1. The topological polar surface area (TPSA) is 47.0 Å². The van der Waals surface area contributed by atoms with E-state index in [1.54, 1.807) is 0 Å². The van der Waals surface area contributed by atoms with Gasteiger partial charge in [-0.2, -0.15) is 0 Å². The van der Waals surface area contributed by atoms with Crippen molar-refractivity contribution in [3.05, 3.63) is 10.6 Å². The minimum Gasteiger partial charge on any atom is -0.379 e. The molecule has 0 fully saturated rings. The predicted molar refractivity (Wildman–Crippen MR) is 66.8 cm³/mol. The second-order valence-electron chi connectivity index (χ2n) is 3.62.